The van der Waals surface area contributed by atoms with Crippen LogP contribution in [0.4, 0.5) is 10.1 Å². The van der Waals surface area contributed by atoms with Crippen LogP contribution in [-0.4, -0.2) is 19.6 Å². The van der Waals surface area contributed by atoms with Crippen LogP contribution in [0, 0.1) is 17.1 Å². The van der Waals surface area contributed by atoms with Crippen LogP contribution in [0.3, 0.4) is 0 Å². The number of hydrogen-bond donors (Lipinski definition) is 0. The van der Waals surface area contributed by atoms with E-state index in [0.717, 1.165) is 22.6 Å². The molecule has 3 aromatic rings. The van der Waals surface area contributed by atoms with Gasteiger partial charge in [-0.25, -0.2) is 4.39 Å². The molecule has 1 amide bonds. The lowest BCUT2D eigenvalue weighted by Gasteiger charge is -2.23. The number of nitriles is 1. The van der Waals surface area contributed by atoms with E-state index in [2.05, 4.69) is 0 Å². The number of para-hydroxylation sites is 1. The Morgan fingerprint density at radius 1 is 1.17 bits per heavy atom. The zero-order chi connectivity index (χ0) is 20.9. The first-order valence-electron chi connectivity index (χ1n) is 9.50. The van der Waals surface area contributed by atoms with Gasteiger partial charge >= 0.3 is 0 Å². The molecule has 5 nitrogen and oxygen atoms in total. The third-order valence-electron chi connectivity index (χ3n) is 5.86. The van der Waals surface area contributed by atoms with Crippen LogP contribution in [0.1, 0.15) is 22.3 Å². The fraction of sp³-hybridized carbons (Fsp3) is 0.167. The van der Waals surface area contributed by atoms with Crippen molar-refractivity contribution in [3.63, 3.8) is 0 Å². The molecule has 1 atom stereocenters. The van der Waals surface area contributed by atoms with E-state index in [1.165, 1.54) is 12.1 Å². The van der Waals surface area contributed by atoms with Gasteiger partial charge in [-0.1, -0.05) is 30.3 Å². The highest BCUT2D eigenvalue weighted by molar-refractivity contribution is 6.11. The van der Waals surface area contributed by atoms with E-state index in [0.29, 0.717) is 17.9 Å². The summed E-state index contributed by atoms with van der Waals surface area (Å²) in [6.07, 6.45) is 0. The minimum Gasteiger partial charge on any atom is -0.497 e. The van der Waals surface area contributed by atoms with Crippen LogP contribution in [-0.2, 0) is 16.8 Å². The van der Waals surface area contributed by atoms with Crippen LogP contribution in [0.25, 0.3) is 0 Å². The SMILES string of the molecule is COc1ccc(CN2C(=O)[C@]3(COc4cc(F)c(C#N)cc43)c3ccccc32)cc1. The number of hydrogen-bond acceptors (Lipinski definition) is 4. The van der Waals surface area contributed by atoms with Crippen molar-refractivity contribution in [2.24, 2.45) is 0 Å². The maximum Gasteiger partial charge on any atom is 0.246 e. The smallest absolute Gasteiger partial charge is 0.246 e. The van der Waals surface area contributed by atoms with Crippen LogP contribution in [0.5, 0.6) is 11.5 Å². The first-order chi connectivity index (χ1) is 14.6. The molecule has 30 heavy (non-hydrogen) atoms. The quantitative estimate of drug-likeness (QED) is 0.668. The second-order valence-electron chi connectivity index (χ2n) is 7.39. The number of methoxy groups -OCH3 is 1. The molecule has 0 saturated heterocycles. The highest BCUT2D eigenvalue weighted by Crippen LogP contribution is 2.52. The Kier molecular flexibility index (Phi) is 4.00. The number of amides is 1. The Labute approximate surface area is 172 Å². The minimum atomic E-state index is -1.09. The molecule has 2 aliphatic heterocycles. The number of nitrogens with zero attached hydrogens (tertiary/aromatic N) is 2. The largest absolute Gasteiger partial charge is 0.497 e. The summed E-state index contributed by atoms with van der Waals surface area (Å²) in [5.41, 5.74) is 1.90. The van der Waals surface area contributed by atoms with Gasteiger partial charge in [0.15, 0.2) is 0 Å². The number of benzene rings is 3. The fourth-order valence-electron chi connectivity index (χ4n) is 4.35. The van der Waals surface area contributed by atoms with Crippen LogP contribution < -0.4 is 14.4 Å². The van der Waals surface area contributed by atoms with Crippen LogP contribution in [0.15, 0.2) is 60.7 Å². The first kappa shape index (κ1) is 18.2. The average molecular weight is 400 g/mol. The number of halogens is 1. The molecule has 0 aliphatic carbocycles. The van der Waals surface area contributed by atoms with Gasteiger partial charge in [-0.05, 0) is 35.4 Å². The minimum absolute atomic E-state index is 0.0750. The molecule has 5 rings (SSSR count). The molecule has 6 heteroatoms. The highest BCUT2D eigenvalue weighted by Gasteiger charge is 2.57. The predicted molar refractivity (Wildman–Crippen MR) is 108 cm³/mol. The van der Waals surface area contributed by atoms with Crippen molar-refractivity contribution in [1.29, 1.82) is 5.26 Å². The molecule has 0 N–H and O–H groups in total. The third kappa shape index (κ3) is 2.42. The molecule has 1 spiro atoms. The molecule has 0 aromatic heterocycles. The summed E-state index contributed by atoms with van der Waals surface area (Å²) in [6, 6.07) is 19.6. The Balaban J connectivity index is 1.63. The second kappa shape index (κ2) is 6.60. The lowest BCUT2D eigenvalue weighted by Crippen LogP contribution is -2.42. The lowest BCUT2D eigenvalue weighted by atomic mass is 9.76. The van der Waals surface area contributed by atoms with E-state index in [-0.39, 0.29) is 18.1 Å². The van der Waals surface area contributed by atoms with E-state index >= 15 is 0 Å². The van der Waals surface area contributed by atoms with Gasteiger partial charge < -0.3 is 14.4 Å². The van der Waals surface area contributed by atoms with E-state index in [1.54, 1.807) is 12.0 Å². The molecular formula is C24H17FN2O3. The zero-order valence-corrected chi connectivity index (χ0v) is 16.2. The maximum atomic E-state index is 14.1. The summed E-state index contributed by atoms with van der Waals surface area (Å²) < 4.78 is 25.1. The number of carbonyl (C=O) groups excluding carboxylic acids is 1. The van der Waals surface area contributed by atoms with Crippen molar-refractivity contribution in [3.05, 3.63) is 88.7 Å². The summed E-state index contributed by atoms with van der Waals surface area (Å²) in [6.45, 7) is 0.453. The van der Waals surface area contributed by atoms with Gasteiger partial charge in [0, 0.05) is 17.3 Å². The fourth-order valence-corrected chi connectivity index (χ4v) is 4.35. The Hall–Kier alpha value is -3.85. The molecule has 0 fully saturated rings. The van der Waals surface area contributed by atoms with Crippen molar-refractivity contribution >= 4 is 11.6 Å². The van der Waals surface area contributed by atoms with Crippen LogP contribution >= 0.6 is 0 Å². The molecule has 2 heterocycles. The number of fused-ring (bicyclic) bond motifs is 4. The number of anilines is 1. The molecule has 0 unspecified atom stereocenters. The monoisotopic (exact) mass is 400 g/mol. The molecular weight excluding hydrogens is 383 g/mol. The zero-order valence-electron chi connectivity index (χ0n) is 16.2. The van der Waals surface area contributed by atoms with Gasteiger partial charge in [0.05, 0.1) is 19.2 Å². The van der Waals surface area contributed by atoms with Crippen molar-refractivity contribution in [2.45, 2.75) is 12.0 Å². The predicted octanol–water partition coefficient (Wildman–Crippen LogP) is 3.93. The summed E-state index contributed by atoms with van der Waals surface area (Å²) in [4.78, 5) is 15.5. The van der Waals surface area contributed by atoms with E-state index in [1.807, 2.05) is 54.6 Å². The number of carbonyl (C=O) groups is 1. The topological polar surface area (TPSA) is 62.6 Å². The molecule has 148 valence electrons. The second-order valence-corrected chi connectivity index (χ2v) is 7.39. The summed E-state index contributed by atoms with van der Waals surface area (Å²) in [5, 5.41) is 9.30. The number of ether oxygens (including phenoxy) is 2. The summed E-state index contributed by atoms with van der Waals surface area (Å²) in [7, 11) is 1.61. The molecule has 3 aromatic carbocycles. The highest BCUT2D eigenvalue weighted by atomic mass is 19.1. The van der Waals surface area contributed by atoms with Crippen molar-refractivity contribution in [3.8, 4) is 17.6 Å². The van der Waals surface area contributed by atoms with Gasteiger partial charge in [0.1, 0.15) is 35.4 Å². The average Bonchev–Trinajstić information content (AvgIpc) is 3.26. The van der Waals surface area contributed by atoms with E-state index in [9.17, 15) is 14.4 Å². The van der Waals surface area contributed by atoms with Gasteiger partial charge in [0.2, 0.25) is 5.91 Å². The molecule has 0 radical (unpaired) electrons. The first-order valence-corrected chi connectivity index (χ1v) is 9.50. The van der Waals surface area contributed by atoms with Crippen molar-refractivity contribution in [1.82, 2.24) is 0 Å². The third-order valence-corrected chi connectivity index (χ3v) is 5.86. The van der Waals surface area contributed by atoms with E-state index < -0.39 is 11.2 Å². The Bertz CT molecular complexity index is 1220. The Morgan fingerprint density at radius 2 is 1.93 bits per heavy atom. The molecule has 0 bridgehead atoms. The lowest BCUT2D eigenvalue weighted by molar-refractivity contribution is -0.122. The van der Waals surface area contributed by atoms with Crippen molar-refractivity contribution in [2.75, 3.05) is 18.6 Å². The summed E-state index contributed by atoms with van der Waals surface area (Å²) >= 11 is 0. The van der Waals surface area contributed by atoms with Crippen molar-refractivity contribution < 1.29 is 18.7 Å². The van der Waals surface area contributed by atoms with Gasteiger partial charge in [0.25, 0.3) is 0 Å². The standard InChI is InChI=1S/C24H17FN2O3/c1-29-17-8-6-15(7-9-17)13-27-21-5-3-2-4-18(21)24(23(27)28)14-30-22-11-20(25)16(12-26)10-19(22)24/h2-11H,13-14H2,1H3/t24-/m1/s1. The van der Waals surface area contributed by atoms with Gasteiger partial charge in [-0.2, -0.15) is 5.26 Å². The van der Waals surface area contributed by atoms with E-state index in [4.69, 9.17) is 9.47 Å². The Morgan fingerprint density at radius 3 is 2.67 bits per heavy atom. The molecule has 0 saturated carbocycles. The maximum absolute atomic E-state index is 14.1. The van der Waals surface area contributed by atoms with Gasteiger partial charge in [-0.15, -0.1) is 0 Å². The number of rotatable bonds is 3. The molecule has 2 aliphatic rings. The van der Waals surface area contributed by atoms with Gasteiger partial charge in [-0.3, -0.25) is 4.79 Å². The normalized spacial score (nSPS) is 18.7. The van der Waals surface area contributed by atoms with Crippen LogP contribution in [0.2, 0.25) is 0 Å². The summed E-state index contributed by atoms with van der Waals surface area (Å²) in [5.74, 6) is 0.254.